The largest absolute Gasteiger partial charge is 0.598 e. The van der Waals surface area contributed by atoms with Crippen LogP contribution in [0.2, 0.25) is 0 Å². The van der Waals surface area contributed by atoms with Crippen LogP contribution in [0.15, 0.2) is 236 Å². The van der Waals surface area contributed by atoms with Crippen molar-refractivity contribution in [3.63, 3.8) is 0 Å². The van der Waals surface area contributed by atoms with Crippen molar-refractivity contribution in [3.05, 3.63) is 258 Å². The molecule has 0 saturated carbocycles. The molecule has 5 heterocycles. The van der Waals surface area contributed by atoms with Crippen LogP contribution < -0.4 is 0 Å². The molecule has 1 fully saturated rings. The predicted octanol–water partition coefficient (Wildman–Crippen LogP) is 22.0. The zero-order valence-electron chi connectivity index (χ0n) is 51.4. The molecule has 8 nitrogen and oxygen atoms in total. The number of halogens is 1. The van der Waals surface area contributed by atoms with Gasteiger partial charge in [0.2, 0.25) is 0 Å². The van der Waals surface area contributed by atoms with Crippen molar-refractivity contribution in [2.45, 2.75) is 84.8 Å². The maximum absolute atomic E-state index is 6.27. The van der Waals surface area contributed by atoms with E-state index in [0.717, 1.165) is 53.7 Å². The van der Waals surface area contributed by atoms with Gasteiger partial charge in [0.25, 0.3) is 0 Å². The maximum Gasteiger partial charge on any atom is 0.598 e. The van der Waals surface area contributed by atoms with E-state index >= 15 is 0 Å². The molecule has 0 N–H and O–H groups in total. The third kappa shape index (κ3) is 8.35. The monoisotopic (exact) mass is 1250 g/mol. The van der Waals surface area contributed by atoms with Gasteiger partial charge in [-0.3, -0.25) is 19.9 Å². The van der Waals surface area contributed by atoms with E-state index in [2.05, 4.69) is 292 Å². The fraction of sp³-hybridized carbons (Fsp3) is 0.160. The fourth-order valence-electron chi connectivity index (χ4n) is 15.1. The highest BCUT2D eigenvalue weighted by Crippen LogP contribution is 2.54. The number of hydrogen-bond acceptors (Lipinski definition) is 6. The van der Waals surface area contributed by atoms with Crippen LogP contribution in [0, 0.1) is 0 Å². The quantitative estimate of drug-likeness (QED) is 0.127. The smallest absolute Gasteiger partial charge is 0.384 e. The molecule has 10 heteroatoms. The van der Waals surface area contributed by atoms with E-state index in [1.165, 1.54) is 110 Å². The second-order valence-electron chi connectivity index (χ2n) is 26.5. The summed E-state index contributed by atoms with van der Waals surface area (Å²) in [6, 6.07) is 74.5. The number of benzene rings is 12. The summed E-state index contributed by atoms with van der Waals surface area (Å²) < 4.78 is 18.2. The number of rotatable bonds is 2. The van der Waals surface area contributed by atoms with Crippen LogP contribution in [0.3, 0.4) is 0 Å². The summed E-state index contributed by atoms with van der Waals surface area (Å²) in [4.78, 5) is 19.0. The molecule has 4 aromatic heterocycles. The average molecular weight is 1250 g/mol. The lowest BCUT2D eigenvalue weighted by Crippen LogP contribution is -2.41. The molecule has 3 aliphatic rings. The highest BCUT2D eigenvalue weighted by atomic mass is 79.9. The normalized spacial score (nSPS) is 15.5. The molecule has 448 valence electrons. The van der Waals surface area contributed by atoms with Crippen molar-refractivity contribution >= 4 is 132 Å². The van der Waals surface area contributed by atoms with Crippen molar-refractivity contribution in [2.24, 2.45) is 0 Å². The van der Waals surface area contributed by atoms with Gasteiger partial charge in [-0.25, -0.2) is 0 Å². The van der Waals surface area contributed by atoms with Gasteiger partial charge in [-0.05, 0) is 167 Å². The van der Waals surface area contributed by atoms with Crippen molar-refractivity contribution in [2.75, 3.05) is 0 Å². The Hall–Kier alpha value is -9.58. The molecule has 1 aliphatic heterocycles. The standard InChI is InChI=1S/C37H25N3.C25H17BrN2.C18H20BNO2.CH4.3H2/c1-37(2)31-16-15-22(40-33-13-7-5-10-24(33)25-11-6-8-14-34(25)40)19-28(31)29-20-30-27(21-32(29)37)23-9-3-4-12-26(23)35-36(30)39-18-17-38-35;1-25(2)21-8-7-14(26)11-18(21)19-12-20-17(13-22(19)25)15-5-3-4-6-16(15)23-24(20)28-10-9-27-23;1-17(2)18(3,4)22-19(21-17)20-15-11-7-5-9-13(15)14-10-6-8-12-16(14)20;;;;/h3-21H,1-2H3;3-13H,1-2H3;5-12H,1-4H3;1H4;3*1H. The van der Waals surface area contributed by atoms with Gasteiger partial charge in [-0.2, -0.15) is 0 Å². The summed E-state index contributed by atoms with van der Waals surface area (Å²) in [6.45, 7) is 17.7. The lowest BCUT2D eigenvalue weighted by Gasteiger charge is -2.32. The summed E-state index contributed by atoms with van der Waals surface area (Å²) in [5.41, 5.74) is 19.6. The number of para-hydroxylation sites is 4. The van der Waals surface area contributed by atoms with Gasteiger partial charge in [0.1, 0.15) is 0 Å². The zero-order chi connectivity index (χ0) is 61.2. The minimum atomic E-state index is -0.408. The molecule has 0 radical (unpaired) electrons. The second kappa shape index (κ2) is 20.5. The van der Waals surface area contributed by atoms with Gasteiger partial charge >= 0.3 is 7.25 Å². The molecule has 2 aliphatic carbocycles. The number of hydrogen-bond donors (Lipinski definition) is 0. The summed E-state index contributed by atoms with van der Waals surface area (Å²) in [6.07, 6.45) is 7.17. The van der Waals surface area contributed by atoms with E-state index in [4.69, 9.17) is 24.3 Å². The molecule has 1 saturated heterocycles. The first kappa shape index (κ1) is 56.6. The van der Waals surface area contributed by atoms with Gasteiger partial charge in [0.05, 0.1) is 44.3 Å². The van der Waals surface area contributed by atoms with Gasteiger partial charge in [-0.1, -0.05) is 185 Å². The third-order valence-corrected chi connectivity index (χ3v) is 20.8. The van der Waals surface area contributed by atoms with Gasteiger partial charge in [-0.15, -0.1) is 0 Å². The second-order valence-corrected chi connectivity index (χ2v) is 27.4. The maximum atomic E-state index is 6.27. The number of nitrogens with zero attached hydrogens (tertiary/aromatic N) is 6. The Balaban J connectivity index is 0.000000131. The highest BCUT2D eigenvalue weighted by Gasteiger charge is 2.53. The van der Waals surface area contributed by atoms with Crippen molar-refractivity contribution < 1.29 is 13.6 Å². The minimum Gasteiger partial charge on any atom is -0.384 e. The molecule has 0 amide bonds. The Labute approximate surface area is 541 Å². The molecule has 0 spiro atoms. The Morgan fingerprint density at radius 2 is 0.681 bits per heavy atom. The molecule has 0 atom stereocenters. The fourth-order valence-corrected chi connectivity index (χ4v) is 15.5. The Morgan fingerprint density at radius 3 is 1.12 bits per heavy atom. The summed E-state index contributed by atoms with van der Waals surface area (Å²) in [5.74, 6) is 0. The minimum absolute atomic E-state index is 0. The first-order valence-electron chi connectivity index (χ1n) is 31.0. The van der Waals surface area contributed by atoms with Crippen LogP contribution in [-0.2, 0) is 20.1 Å². The van der Waals surface area contributed by atoms with E-state index in [1.54, 1.807) is 18.6 Å². The topological polar surface area (TPSA) is 79.9 Å². The van der Waals surface area contributed by atoms with Crippen LogP contribution in [0.4, 0.5) is 0 Å². The SMILES string of the molecule is C.CC1(C)OB(n2c3ccccc3c3ccccc32)OC1(C)C.CC1(C)c2ccc(-n3c4ccccc4c4ccccc43)cc2-c2cc3c(cc21)c1ccccc1c1nccnc31.CC1(C)c2ccc(Br)cc2-c2cc3c(cc21)c1ccccc1c1nccnc31.[HH].[HH].[HH]. The number of aromatic nitrogens is 6. The van der Waals surface area contributed by atoms with Gasteiger partial charge in [0, 0.05) is 104 Å². The van der Waals surface area contributed by atoms with E-state index in [9.17, 15) is 0 Å². The highest BCUT2D eigenvalue weighted by molar-refractivity contribution is 9.10. The Morgan fingerprint density at radius 1 is 0.341 bits per heavy atom. The van der Waals surface area contributed by atoms with Crippen LogP contribution >= 0.6 is 15.9 Å². The van der Waals surface area contributed by atoms with Gasteiger partial charge < -0.3 is 18.4 Å². The Bertz CT molecular complexity index is 5640. The van der Waals surface area contributed by atoms with Crippen LogP contribution in [-0.4, -0.2) is 47.4 Å². The Kier molecular flexibility index (Phi) is 12.7. The molecule has 0 bridgehead atoms. The number of fused-ring (bicyclic) bond motifs is 24. The molecular formula is C81H72BBrN6O2. The average Bonchev–Trinajstić information content (AvgIpc) is 1.47. The summed E-state index contributed by atoms with van der Waals surface area (Å²) in [5, 5.41) is 14.6. The van der Waals surface area contributed by atoms with E-state index in [0.29, 0.717) is 0 Å². The van der Waals surface area contributed by atoms with E-state index in [1.807, 2.05) is 6.20 Å². The van der Waals surface area contributed by atoms with Crippen molar-refractivity contribution in [1.29, 1.82) is 0 Å². The lowest BCUT2D eigenvalue weighted by atomic mass is 9.81. The molecule has 0 unspecified atom stereocenters. The third-order valence-electron chi connectivity index (χ3n) is 20.3. The molecule has 12 aromatic carbocycles. The van der Waals surface area contributed by atoms with Crippen LogP contribution in [0.5, 0.6) is 0 Å². The zero-order valence-corrected chi connectivity index (χ0v) is 53.0. The molecule has 16 aromatic rings. The van der Waals surface area contributed by atoms with Crippen LogP contribution in [0.25, 0.3) is 137 Å². The lowest BCUT2D eigenvalue weighted by molar-refractivity contribution is 0.00578. The predicted molar refractivity (Wildman–Crippen MR) is 390 cm³/mol. The molecule has 19 rings (SSSR count). The van der Waals surface area contributed by atoms with Crippen molar-refractivity contribution in [3.8, 4) is 27.9 Å². The van der Waals surface area contributed by atoms with Crippen molar-refractivity contribution in [1.82, 2.24) is 29.0 Å². The first-order chi connectivity index (χ1) is 43.6. The van der Waals surface area contributed by atoms with E-state index in [-0.39, 0.29) is 33.7 Å². The summed E-state index contributed by atoms with van der Waals surface area (Å²) in [7, 11) is -0.408. The summed E-state index contributed by atoms with van der Waals surface area (Å²) >= 11 is 3.65. The van der Waals surface area contributed by atoms with Gasteiger partial charge in [0.15, 0.2) is 0 Å². The van der Waals surface area contributed by atoms with Crippen LogP contribution in [0.1, 0.15) is 89.4 Å². The molecule has 91 heavy (non-hydrogen) atoms. The molecular weight excluding hydrogens is 1180 g/mol. The first-order valence-corrected chi connectivity index (χ1v) is 31.8. The van der Waals surface area contributed by atoms with E-state index < -0.39 is 7.25 Å².